The van der Waals surface area contributed by atoms with Crippen LogP contribution in [0.5, 0.6) is 5.75 Å². The second-order valence-electron chi connectivity index (χ2n) is 3.44. The summed E-state index contributed by atoms with van der Waals surface area (Å²) in [6.45, 7) is 6.28. The molecule has 1 N–H and O–H groups in total. The summed E-state index contributed by atoms with van der Waals surface area (Å²) in [6, 6.07) is 4.03. The van der Waals surface area contributed by atoms with Crippen molar-refractivity contribution in [3.05, 3.63) is 27.7 Å². The molecule has 1 aromatic heterocycles. The second kappa shape index (κ2) is 2.90. The van der Waals surface area contributed by atoms with Crippen molar-refractivity contribution in [2.24, 2.45) is 0 Å². The van der Waals surface area contributed by atoms with Crippen LogP contribution in [-0.2, 0) is 0 Å². The van der Waals surface area contributed by atoms with Crippen LogP contribution in [0.2, 0.25) is 0 Å². The molecule has 0 spiro atoms. The van der Waals surface area contributed by atoms with Gasteiger partial charge in [0.25, 0.3) is 0 Å². The predicted octanol–water partition coefficient (Wildman–Crippen LogP) is 2.53. The summed E-state index contributed by atoms with van der Waals surface area (Å²) in [6.07, 6.45) is 0. The number of phenols is 1. The Morgan fingerprint density at radius 3 is 2.54 bits per heavy atom. The summed E-state index contributed by atoms with van der Waals surface area (Å²) in [4.78, 5) is 0. The molecule has 0 aliphatic carbocycles. The molecule has 0 bridgehead atoms. The quantitative estimate of drug-likeness (QED) is 0.700. The number of fused-ring (bicyclic) bond motifs is 1. The van der Waals surface area contributed by atoms with E-state index in [1.165, 1.54) is 14.3 Å². The Balaban J connectivity index is 2.94. The van der Waals surface area contributed by atoms with Gasteiger partial charge in [-0.05, 0) is 0 Å². The molecule has 0 aliphatic heterocycles. The molecule has 0 unspecified atom stereocenters. The minimum atomic E-state index is 0.433. The average molecular weight is 239 g/mol. The molecule has 2 heteroatoms. The standard InChI is InChI=1S/C11H12OSe/c1-6-4-9(12)11-7(2)8(3)13-10(11)5-6/h4-5,12H,1-3H3. The zero-order chi connectivity index (χ0) is 9.59. The molecule has 0 radical (unpaired) electrons. The average Bonchev–Trinajstić information content (AvgIpc) is 2.27. The van der Waals surface area contributed by atoms with E-state index in [1.807, 2.05) is 13.0 Å². The van der Waals surface area contributed by atoms with Crippen LogP contribution in [0.25, 0.3) is 9.65 Å². The van der Waals surface area contributed by atoms with Gasteiger partial charge in [-0.15, -0.1) is 0 Å². The molecule has 0 aliphatic rings. The molecule has 1 nitrogen and oxygen atoms in total. The SMILES string of the molecule is Cc1cc(O)c2c(C)c(C)[se]c2c1. The van der Waals surface area contributed by atoms with Gasteiger partial charge in [0.1, 0.15) is 0 Å². The number of phenolic OH excluding ortho intramolecular Hbond substituents is 1. The van der Waals surface area contributed by atoms with E-state index in [0.717, 1.165) is 10.9 Å². The van der Waals surface area contributed by atoms with Crippen molar-refractivity contribution in [1.29, 1.82) is 0 Å². The molecule has 2 rings (SSSR count). The van der Waals surface area contributed by atoms with Gasteiger partial charge in [0, 0.05) is 0 Å². The Bertz CT molecular complexity index is 468. The number of aryl methyl sites for hydroxylation is 3. The van der Waals surface area contributed by atoms with Crippen molar-refractivity contribution >= 4 is 24.1 Å². The molecule has 1 heterocycles. The van der Waals surface area contributed by atoms with Gasteiger partial charge in [-0.3, -0.25) is 0 Å². The number of benzene rings is 1. The van der Waals surface area contributed by atoms with E-state index in [2.05, 4.69) is 19.9 Å². The first-order valence-electron chi connectivity index (χ1n) is 4.29. The van der Waals surface area contributed by atoms with Gasteiger partial charge in [0.15, 0.2) is 0 Å². The van der Waals surface area contributed by atoms with Gasteiger partial charge < -0.3 is 0 Å². The summed E-state index contributed by atoms with van der Waals surface area (Å²) in [7, 11) is 0. The van der Waals surface area contributed by atoms with Crippen molar-refractivity contribution in [3.8, 4) is 5.75 Å². The van der Waals surface area contributed by atoms with Gasteiger partial charge in [-0.25, -0.2) is 0 Å². The van der Waals surface area contributed by atoms with Crippen molar-refractivity contribution in [1.82, 2.24) is 0 Å². The Morgan fingerprint density at radius 2 is 1.85 bits per heavy atom. The minimum absolute atomic E-state index is 0.433. The monoisotopic (exact) mass is 240 g/mol. The van der Waals surface area contributed by atoms with E-state index in [0.29, 0.717) is 20.3 Å². The summed E-state index contributed by atoms with van der Waals surface area (Å²) >= 11 is 0.433. The zero-order valence-corrected chi connectivity index (χ0v) is 9.72. The molecule has 0 saturated carbocycles. The van der Waals surface area contributed by atoms with Crippen LogP contribution < -0.4 is 0 Å². The van der Waals surface area contributed by atoms with Crippen molar-refractivity contribution in [2.45, 2.75) is 20.8 Å². The maximum absolute atomic E-state index is 9.78. The second-order valence-corrected chi connectivity index (χ2v) is 6.08. The van der Waals surface area contributed by atoms with Crippen LogP contribution >= 0.6 is 0 Å². The molecule has 0 fully saturated rings. The molecular formula is C11H12OSe. The number of hydrogen-bond acceptors (Lipinski definition) is 1. The molecule has 0 amide bonds. The van der Waals surface area contributed by atoms with E-state index in [1.54, 1.807) is 0 Å². The van der Waals surface area contributed by atoms with Gasteiger partial charge >= 0.3 is 83.5 Å². The fourth-order valence-electron chi connectivity index (χ4n) is 1.61. The summed E-state index contributed by atoms with van der Waals surface area (Å²) in [5.74, 6) is 0.450. The summed E-state index contributed by atoms with van der Waals surface area (Å²) < 4.78 is 2.77. The van der Waals surface area contributed by atoms with Crippen LogP contribution in [0, 0.1) is 20.8 Å². The van der Waals surface area contributed by atoms with Crippen LogP contribution in [0.15, 0.2) is 12.1 Å². The van der Waals surface area contributed by atoms with Crippen LogP contribution in [0.4, 0.5) is 0 Å². The fourth-order valence-corrected chi connectivity index (χ4v) is 4.11. The number of aromatic hydroxyl groups is 1. The predicted molar refractivity (Wildman–Crippen MR) is 56.8 cm³/mol. The van der Waals surface area contributed by atoms with Crippen molar-refractivity contribution < 1.29 is 5.11 Å². The first kappa shape index (κ1) is 8.86. The zero-order valence-electron chi connectivity index (χ0n) is 8.01. The van der Waals surface area contributed by atoms with Gasteiger partial charge in [-0.1, -0.05) is 0 Å². The molecular weight excluding hydrogens is 227 g/mol. The Hall–Kier alpha value is -0.721. The maximum atomic E-state index is 9.78. The first-order chi connectivity index (χ1) is 6.09. The Morgan fingerprint density at radius 1 is 1.15 bits per heavy atom. The van der Waals surface area contributed by atoms with E-state index < -0.39 is 0 Å². The number of hydrogen-bond donors (Lipinski definition) is 1. The molecule has 1 aromatic carbocycles. The molecule has 13 heavy (non-hydrogen) atoms. The molecule has 2 aromatic rings. The van der Waals surface area contributed by atoms with Gasteiger partial charge in [0.2, 0.25) is 0 Å². The fraction of sp³-hybridized carbons (Fsp3) is 0.273. The van der Waals surface area contributed by atoms with Crippen molar-refractivity contribution in [2.75, 3.05) is 0 Å². The topological polar surface area (TPSA) is 20.2 Å². The molecule has 0 saturated heterocycles. The molecule has 68 valence electrons. The molecule has 0 atom stereocenters. The van der Waals surface area contributed by atoms with E-state index >= 15 is 0 Å². The van der Waals surface area contributed by atoms with Crippen LogP contribution in [0.1, 0.15) is 15.6 Å². The van der Waals surface area contributed by atoms with Crippen LogP contribution in [-0.4, -0.2) is 19.6 Å². The van der Waals surface area contributed by atoms with Crippen LogP contribution in [0.3, 0.4) is 0 Å². The Labute approximate surface area is 83.8 Å². The van der Waals surface area contributed by atoms with Crippen molar-refractivity contribution in [3.63, 3.8) is 0 Å². The Kier molecular flexibility index (Phi) is 1.98. The third kappa shape index (κ3) is 1.31. The number of rotatable bonds is 0. The third-order valence-corrected chi connectivity index (χ3v) is 4.81. The van der Waals surface area contributed by atoms with E-state index in [4.69, 9.17) is 0 Å². The van der Waals surface area contributed by atoms with Gasteiger partial charge in [-0.2, -0.15) is 0 Å². The first-order valence-corrected chi connectivity index (χ1v) is 6.00. The summed E-state index contributed by atoms with van der Waals surface area (Å²) in [5.41, 5.74) is 2.42. The van der Waals surface area contributed by atoms with Gasteiger partial charge in [0.05, 0.1) is 0 Å². The third-order valence-electron chi connectivity index (χ3n) is 2.39. The van der Waals surface area contributed by atoms with E-state index in [9.17, 15) is 5.11 Å². The normalized spacial score (nSPS) is 11.0. The van der Waals surface area contributed by atoms with E-state index in [-0.39, 0.29) is 0 Å². The summed E-state index contributed by atoms with van der Waals surface area (Å²) in [5, 5.41) is 10.9.